The van der Waals surface area contributed by atoms with E-state index in [1.807, 2.05) is 18.2 Å². The number of hydrogen-bond acceptors (Lipinski definition) is 6. The second-order valence-electron chi connectivity index (χ2n) is 6.16. The average Bonchev–Trinajstić information content (AvgIpc) is 2.88. The molecule has 2 heterocycles. The fraction of sp³-hybridized carbons (Fsp3) is 0.562. The van der Waals surface area contributed by atoms with Crippen LogP contribution in [0, 0.1) is 17.2 Å². The number of pyridine rings is 1. The summed E-state index contributed by atoms with van der Waals surface area (Å²) in [6.07, 6.45) is 6.74. The Hall–Kier alpha value is -1.98. The molecule has 2 fully saturated rings. The van der Waals surface area contributed by atoms with Crippen LogP contribution in [0.5, 0.6) is 0 Å². The first-order chi connectivity index (χ1) is 11.6. The van der Waals surface area contributed by atoms with Gasteiger partial charge in [0, 0.05) is 12.1 Å². The first-order valence-corrected chi connectivity index (χ1v) is 9.76. The third-order valence-corrected chi connectivity index (χ3v) is 6.60. The van der Waals surface area contributed by atoms with Gasteiger partial charge in [0.25, 0.3) is 0 Å². The van der Waals surface area contributed by atoms with Gasteiger partial charge in [-0.05, 0) is 25.0 Å². The molecule has 1 aliphatic carbocycles. The van der Waals surface area contributed by atoms with Gasteiger partial charge in [-0.1, -0.05) is 18.9 Å². The Morgan fingerprint density at radius 2 is 2.25 bits per heavy atom. The molecule has 0 radical (unpaired) electrons. The summed E-state index contributed by atoms with van der Waals surface area (Å²) in [7, 11) is -3.31. The van der Waals surface area contributed by atoms with Crippen molar-refractivity contribution in [3.8, 4) is 6.07 Å². The summed E-state index contributed by atoms with van der Waals surface area (Å²) in [4.78, 5) is 4.19. The summed E-state index contributed by atoms with van der Waals surface area (Å²) in [5.74, 6) is 0.0170. The minimum atomic E-state index is -3.31. The highest BCUT2D eigenvalue weighted by molar-refractivity contribution is 7.90. The van der Waals surface area contributed by atoms with Crippen LogP contribution in [0.15, 0.2) is 29.5 Å². The maximum atomic E-state index is 12.4. The summed E-state index contributed by atoms with van der Waals surface area (Å²) >= 11 is 0. The number of nitrogens with zero attached hydrogens (tertiary/aromatic N) is 4. The topological polar surface area (TPSA) is 98.4 Å². The molecule has 1 aliphatic heterocycles. The van der Waals surface area contributed by atoms with Crippen molar-refractivity contribution in [1.82, 2.24) is 14.7 Å². The normalized spacial score (nSPS) is 28.4. The van der Waals surface area contributed by atoms with E-state index >= 15 is 0 Å². The molecule has 3 unspecified atom stereocenters. The third-order valence-electron chi connectivity index (χ3n) is 4.64. The molecule has 3 rings (SSSR count). The number of hydrogen-bond donors (Lipinski definition) is 1. The largest absolute Gasteiger partial charge is 0.277 e. The monoisotopic (exact) mass is 347 g/mol. The quantitative estimate of drug-likeness (QED) is 0.642. The van der Waals surface area contributed by atoms with E-state index in [0.717, 1.165) is 19.3 Å². The van der Waals surface area contributed by atoms with Gasteiger partial charge in [0.1, 0.15) is 6.17 Å². The summed E-state index contributed by atoms with van der Waals surface area (Å²) in [5, 5.41) is 14.7. The van der Waals surface area contributed by atoms with E-state index in [0.29, 0.717) is 18.7 Å². The van der Waals surface area contributed by atoms with E-state index in [2.05, 4.69) is 20.9 Å². The summed E-state index contributed by atoms with van der Waals surface area (Å²) in [6.45, 7) is 0.385. The lowest BCUT2D eigenvalue weighted by Crippen LogP contribution is -2.44. The van der Waals surface area contributed by atoms with Gasteiger partial charge in [0.15, 0.2) is 0 Å². The summed E-state index contributed by atoms with van der Waals surface area (Å²) in [5.41, 5.74) is 0.695. The SMILES string of the molecule is N#CCCN(/N=C/c1ccccn1)C1NS(=O)(=O)C2CCCCC12. The van der Waals surface area contributed by atoms with Crippen LogP contribution in [0.4, 0.5) is 0 Å². The Morgan fingerprint density at radius 1 is 1.42 bits per heavy atom. The molecule has 1 aromatic heterocycles. The molecule has 7 nitrogen and oxygen atoms in total. The molecular formula is C16H21N5O2S. The maximum absolute atomic E-state index is 12.4. The molecule has 24 heavy (non-hydrogen) atoms. The van der Waals surface area contributed by atoms with Crippen LogP contribution in [0.25, 0.3) is 0 Å². The molecule has 0 aromatic carbocycles. The zero-order valence-corrected chi connectivity index (χ0v) is 14.2. The molecule has 0 amide bonds. The zero-order chi connectivity index (χ0) is 17.0. The maximum Gasteiger partial charge on any atom is 0.216 e. The molecule has 0 spiro atoms. The van der Waals surface area contributed by atoms with E-state index < -0.39 is 10.0 Å². The Bertz CT molecular complexity index is 729. The molecule has 1 aromatic rings. The van der Waals surface area contributed by atoms with Gasteiger partial charge < -0.3 is 0 Å². The van der Waals surface area contributed by atoms with Crippen molar-refractivity contribution in [2.75, 3.05) is 6.54 Å². The van der Waals surface area contributed by atoms with Crippen LogP contribution in [0.3, 0.4) is 0 Å². The molecule has 3 atom stereocenters. The van der Waals surface area contributed by atoms with Crippen LogP contribution in [0.1, 0.15) is 37.8 Å². The van der Waals surface area contributed by atoms with Gasteiger partial charge in [-0.2, -0.15) is 15.1 Å². The summed E-state index contributed by atoms with van der Waals surface area (Å²) in [6, 6.07) is 7.62. The summed E-state index contributed by atoms with van der Waals surface area (Å²) < 4.78 is 27.6. The van der Waals surface area contributed by atoms with Crippen LogP contribution in [0.2, 0.25) is 0 Å². The van der Waals surface area contributed by atoms with Gasteiger partial charge in [-0.3, -0.25) is 9.99 Å². The number of fused-ring (bicyclic) bond motifs is 1. The van der Waals surface area contributed by atoms with Crippen molar-refractivity contribution in [2.24, 2.45) is 11.0 Å². The Balaban J connectivity index is 1.83. The number of nitriles is 1. The minimum Gasteiger partial charge on any atom is -0.277 e. The second kappa shape index (κ2) is 7.28. The number of aromatic nitrogens is 1. The lowest BCUT2D eigenvalue weighted by Gasteiger charge is -2.32. The molecule has 1 saturated heterocycles. The molecular weight excluding hydrogens is 326 g/mol. The van der Waals surface area contributed by atoms with Gasteiger partial charge in [0.05, 0.1) is 36.2 Å². The predicted octanol–water partition coefficient (Wildman–Crippen LogP) is 1.45. The van der Waals surface area contributed by atoms with Gasteiger partial charge in [-0.15, -0.1) is 0 Å². The van der Waals surface area contributed by atoms with Crippen LogP contribution in [-0.4, -0.2) is 42.6 Å². The Labute approximate surface area is 142 Å². The number of sulfonamides is 1. The van der Waals surface area contributed by atoms with Crippen molar-refractivity contribution in [3.05, 3.63) is 30.1 Å². The highest BCUT2D eigenvalue weighted by atomic mass is 32.2. The van der Waals surface area contributed by atoms with Crippen LogP contribution in [-0.2, 0) is 10.0 Å². The van der Waals surface area contributed by atoms with E-state index in [1.165, 1.54) is 0 Å². The number of nitrogens with one attached hydrogen (secondary N) is 1. The van der Waals surface area contributed by atoms with E-state index in [1.54, 1.807) is 17.4 Å². The minimum absolute atomic E-state index is 0.0170. The Morgan fingerprint density at radius 3 is 3.00 bits per heavy atom. The zero-order valence-electron chi connectivity index (χ0n) is 13.4. The highest BCUT2D eigenvalue weighted by Crippen LogP contribution is 2.37. The number of hydrazone groups is 1. The molecule has 1 N–H and O–H groups in total. The van der Waals surface area contributed by atoms with E-state index in [4.69, 9.17) is 5.26 Å². The van der Waals surface area contributed by atoms with Crippen molar-refractivity contribution < 1.29 is 8.42 Å². The first kappa shape index (κ1) is 16.9. The molecule has 2 aliphatic rings. The van der Waals surface area contributed by atoms with Gasteiger partial charge in [-0.25, -0.2) is 8.42 Å². The first-order valence-electron chi connectivity index (χ1n) is 8.21. The van der Waals surface area contributed by atoms with Crippen molar-refractivity contribution in [3.63, 3.8) is 0 Å². The fourth-order valence-corrected chi connectivity index (χ4v) is 5.55. The molecule has 1 saturated carbocycles. The van der Waals surface area contributed by atoms with Crippen molar-refractivity contribution in [2.45, 2.75) is 43.5 Å². The van der Waals surface area contributed by atoms with Crippen LogP contribution >= 0.6 is 0 Å². The van der Waals surface area contributed by atoms with Crippen molar-refractivity contribution in [1.29, 1.82) is 5.26 Å². The Kier molecular flexibility index (Phi) is 5.11. The standard InChI is InChI=1S/C16H21N5O2S/c17-9-5-11-21(19-12-13-6-3-4-10-18-13)16-14-7-1-2-8-15(14)24(22,23)20-16/h3-4,6,10,12,14-16,20H,1-2,5,7-8,11H2/b19-12+. The molecule has 8 heteroatoms. The van der Waals surface area contributed by atoms with Crippen LogP contribution < -0.4 is 4.72 Å². The van der Waals surface area contributed by atoms with Crippen molar-refractivity contribution >= 4 is 16.2 Å². The predicted molar refractivity (Wildman–Crippen MR) is 90.4 cm³/mol. The molecule has 128 valence electrons. The van der Waals surface area contributed by atoms with E-state index in [9.17, 15) is 8.42 Å². The number of rotatable bonds is 5. The highest BCUT2D eigenvalue weighted by Gasteiger charge is 2.49. The average molecular weight is 347 g/mol. The fourth-order valence-electron chi connectivity index (χ4n) is 3.52. The second-order valence-corrected chi connectivity index (χ2v) is 8.10. The van der Waals surface area contributed by atoms with Gasteiger partial charge in [0.2, 0.25) is 10.0 Å². The smallest absolute Gasteiger partial charge is 0.216 e. The lowest BCUT2D eigenvalue weighted by molar-refractivity contribution is 0.133. The van der Waals surface area contributed by atoms with E-state index in [-0.39, 0.29) is 23.8 Å². The third kappa shape index (κ3) is 3.57. The lowest BCUT2D eigenvalue weighted by atomic mass is 9.86. The molecule has 0 bridgehead atoms. The van der Waals surface area contributed by atoms with Gasteiger partial charge >= 0.3 is 0 Å².